The maximum Gasteiger partial charge on any atom is 0.163 e. The lowest BCUT2D eigenvalue weighted by Gasteiger charge is -1.94. The van der Waals surface area contributed by atoms with E-state index in [-0.39, 0.29) is 23.7 Å². The first-order valence-electron chi connectivity index (χ1n) is 6.79. The zero-order chi connectivity index (χ0) is 15.9. The minimum absolute atomic E-state index is 0.143. The molecule has 22 heavy (non-hydrogen) atoms. The SMILES string of the molecule is Cc1csc(C=CC(=O)CC(=O)C=Cc2ccc(O)cc2)c1. The normalized spacial score (nSPS) is 11.3. The van der Waals surface area contributed by atoms with Crippen LogP contribution >= 0.6 is 11.3 Å². The van der Waals surface area contributed by atoms with Crippen molar-refractivity contribution >= 4 is 35.1 Å². The first-order valence-corrected chi connectivity index (χ1v) is 7.67. The second-order valence-electron chi connectivity index (χ2n) is 4.89. The van der Waals surface area contributed by atoms with Crippen LogP contribution in [0.3, 0.4) is 0 Å². The minimum atomic E-state index is -0.245. The summed E-state index contributed by atoms with van der Waals surface area (Å²) < 4.78 is 0. The summed E-state index contributed by atoms with van der Waals surface area (Å²) in [5, 5.41) is 11.2. The average Bonchev–Trinajstić information content (AvgIpc) is 2.90. The van der Waals surface area contributed by atoms with Crippen molar-refractivity contribution in [3.8, 4) is 5.75 Å². The molecule has 112 valence electrons. The average molecular weight is 312 g/mol. The van der Waals surface area contributed by atoms with E-state index in [9.17, 15) is 9.59 Å². The van der Waals surface area contributed by atoms with Gasteiger partial charge in [0.15, 0.2) is 11.6 Å². The Bertz CT molecular complexity index is 721. The highest BCUT2D eigenvalue weighted by Crippen LogP contribution is 2.15. The van der Waals surface area contributed by atoms with Crippen molar-refractivity contribution in [1.29, 1.82) is 0 Å². The Balaban J connectivity index is 1.87. The van der Waals surface area contributed by atoms with E-state index in [0.29, 0.717) is 0 Å². The number of phenols is 1. The summed E-state index contributed by atoms with van der Waals surface area (Å²) in [6.07, 6.45) is 6.04. The van der Waals surface area contributed by atoms with Gasteiger partial charge in [0.2, 0.25) is 0 Å². The molecule has 0 aliphatic carbocycles. The predicted molar refractivity (Wildman–Crippen MR) is 89.9 cm³/mol. The molecule has 0 atom stereocenters. The van der Waals surface area contributed by atoms with E-state index in [1.54, 1.807) is 47.8 Å². The van der Waals surface area contributed by atoms with Crippen molar-refractivity contribution in [2.45, 2.75) is 13.3 Å². The number of ketones is 2. The Morgan fingerprint density at radius 3 is 2.32 bits per heavy atom. The second-order valence-corrected chi connectivity index (χ2v) is 5.84. The van der Waals surface area contributed by atoms with Crippen LogP contribution < -0.4 is 0 Å². The lowest BCUT2D eigenvalue weighted by Crippen LogP contribution is -2.01. The zero-order valence-electron chi connectivity index (χ0n) is 12.2. The van der Waals surface area contributed by atoms with Crippen LogP contribution in [0.4, 0.5) is 0 Å². The van der Waals surface area contributed by atoms with Gasteiger partial charge in [0.25, 0.3) is 0 Å². The van der Waals surface area contributed by atoms with Crippen molar-refractivity contribution in [1.82, 2.24) is 0 Å². The Labute approximate surface area is 133 Å². The smallest absolute Gasteiger partial charge is 0.163 e. The van der Waals surface area contributed by atoms with Crippen LogP contribution in [0.2, 0.25) is 0 Å². The highest BCUT2D eigenvalue weighted by atomic mass is 32.1. The number of phenolic OH excluding ortho intramolecular Hbond substituents is 1. The van der Waals surface area contributed by atoms with E-state index in [1.807, 2.05) is 18.4 Å². The minimum Gasteiger partial charge on any atom is -0.508 e. The van der Waals surface area contributed by atoms with Crippen LogP contribution in [-0.4, -0.2) is 16.7 Å². The number of carbonyl (C=O) groups excluding carboxylic acids is 2. The van der Waals surface area contributed by atoms with Gasteiger partial charge in [-0.25, -0.2) is 0 Å². The highest BCUT2D eigenvalue weighted by molar-refractivity contribution is 7.11. The maximum absolute atomic E-state index is 11.7. The number of hydrogen-bond acceptors (Lipinski definition) is 4. The Morgan fingerprint density at radius 1 is 1.09 bits per heavy atom. The Kier molecular flexibility index (Phi) is 5.44. The number of benzene rings is 1. The van der Waals surface area contributed by atoms with Gasteiger partial charge >= 0.3 is 0 Å². The third kappa shape index (κ3) is 5.14. The van der Waals surface area contributed by atoms with Gasteiger partial charge in [0.05, 0.1) is 6.42 Å². The molecule has 0 spiro atoms. The zero-order valence-corrected chi connectivity index (χ0v) is 13.0. The Morgan fingerprint density at radius 2 is 1.73 bits per heavy atom. The molecule has 0 radical (unpaired) electrons. The molecule has 0 saturated carbocycles. The summed E-state index contributed by atoms with van der Waals surface area (Å²) in [7, 11) is 0. The number of aryl methyl sites for hydroxylation is 1. The number of rotatable bonds is 6. The summed E-state index contributed by atoms with van der Waals surface area (Å²) in [6.45, 7) is 1.99. The van der Waals surface area contributed by atoms with Gasteiger partial charge in [-0.2, -0.15) is 0 Å². The second kappa shape index (κ2) is 7.52. The van der Waals surface area contributed by atoms with Gasteiger partial charge < -0.3 is 5.11 Å². The molecule has 1 aromatic heterocycles. The van der Waals surface area contributed by atoms with Crippen molar-refractivity contribution < 1.29 is 14.7 Å². The van der Waals surface area contributed by atoms with E-state index in [2.05, 4.69) is 0 Å². The first-order chi connectivity index (χ1) is 10.5. The topological polar surface area (TPSA) is 54.4 Å². The van der Waals surface area contributed by atoms with E-state index in [1.165, 1.54) is 12.2 Å². The fourth-order valence-electron chi connectivity index (χ4n) is 1.78. The monoisotopic (exact) mass is 312 g/mol. The summed E-state index contributed by atoms with van der Waals surface area (Å²) in [5.74, 6) is -0.288. The van der Waals surface area contributed by atoms with Crippen molar-refractivity contribution in [3.63, 3.8) is 0 Å². The molecule has 0 aliphatic heterocycles. The van der Waals surface area contributed by atoms with Gasteiger partial charge in [-0.3, -0.25) is 9.59 Å². The summed E-state index contributed by atoms with van der Waals surface area (Å²) >= 11 is 1.56. The molecule has 0 unspecified atom stereocenters. The van der Waals surface area contributed by atoms with Crippen LogP contribution in [0.5, 0.6) is 5.75 Å². The molecule has 0 fully saturated rings. The van der Waals surface area contributed by atoms with Crippen molar-refractivity contribution in [2.75, 3.05) is 0 Å². The molecular formula is C18H16O3S. The lowest BCUT2D eigenvalue weighted by atomic mass is 10.1. The number of aromatic hydroxyl groups is 1. The molecule has 0 saturated heterocycles. The van der Waals surface area contributed by atoms with Crippen LogP contribution in [0.15, 0.2) is 47.9 Å². The van der Waals surface area contributed by atoms with E-state index < -0.39 is 0 Å². The third-order valence-corrected chi connectivity index (χ3v) is 3.90. The van der Waals surface area contributed by atoms with Gasteiger partial charge in [0, 0.05) is 4.88 Å². The first kappa shape index (κ1) is 15.9. The molecule has 1 heterocycles. The quantitative estimate of drug-likeness (QED) is 0.647. The molecule has 4 heteroatoms. The lowest BCUT2D eigenvalue weighted by molar-refractivity contribution is -0.121. The van der Waals surface area contributed by atoms with Gasteiger partial charge in [0.1, 0.15) is 5.75 Å². The third-order valence-electron chi connectivity index (χ3n) is 2.89. The van der Waals surface area contributed by atoms with Gasteiger partial charge in [-0.05, 0) is 59.9 Å². The van der Waals surface area contributed by atoms with E-state index >= 15 is 0 Å². The molecule has 2 rings (SSSR count). The molecule has 3 nitrogen and oxygen atoms in total. The van der Waals surface area contributed by atoms with Crippen molar-refractivity contribution in [3.05, 3.63) is 63.9 Å². The van der Waals surface area contributed by atoms with Crippen LogP contribution in [0.1, 0.15) is 22.4 Å². The van der Waals surface area contributed by atoms with Crippen LogP contribution in [-0.2, 0) is 9.59 Å². The van der Waals surface area contributed by atoms with Gasteiger partial charge in [-0.1, -0.05) is 18.2 Å². The highest BCUT2D eigenvalue weighted by Gasteiger charge is 2.03. The Hall–Kier alpha value is -2.46. The molecule has 1 N–H and O–H groups in total. The summed E-state index contributed by atoms with van der Waals surface area (Å²) in [5.41, 5.74) is 1.95. The number of allylic oxidation sites excluding steroid dienone is 2. The molecule has 2 aromatic rings. The fourth-order valence-corrected chi connectivity index (χ4v) is 2.57. The van der Waals surface area contributed by atoms with E-state index in [0.717, 1.165) is 16.0 Å². The van der Waals surface area contributed by atoms with E-state index in [4.69, 9.17) is 5.11 Å². The molecule has 0 bridgehead atoms. The number of hydrogen-bond donors (Lipinski definition) is 1. The van der Waals surface area contributed by atoms with Crippen LogP contribution in [0, 0.1) is 6.92 Å². The summed E-state index contributed by atoms with van der Waals surface area (Å²) in [4.78, 5) is 24.4. The molecular weight excluding hydrogens is 296 g/mol. The molecule has 0 amide bonds. The fraction of sp³-hybridized carbons (Fsp3) is 0.111. The number of thiophene rings is 1. The number of carbonyl (C=O) groups is 2. The molecule has 1 aromatic carbocycles. The van der Waals surface area contributed by atoms with Crippen molar-refractivity contribution in [2.24, 2.45) is 0 Å². The summed E-state index contributed by atoms with van der Waals surface area (Å²) in [6, 6.07) is 8.46. The standard InChI is InChI=1S/C18H16O3S/c1-13-10-18(22-12-13)9-8-17(21)11-16(20)7-4-14-2-5-15(19)6-3-14/h2-10,12,19H,11H2,1H3. The van der Waals surface area contributed by atoms with Crippen LogP contribution in [0.25, 0.3) is 12.2 Å². The predicted octanol–water partition coefficient (Wildman–Crippen LogP) is 4.02. The largest absolute Gasteiger partial charge is 0.508 e. The maximum atomic E-state index is 11.7. The van der Waals surface area contributed by atoms with Gasteiger partial charge in [-0.15, -0.1) is 11.3 Å². The molecule has 0 aliphatic rings.